The summed E-state index contributed by atoms with van der Waals surface area (Å²) in [5, 5.41) is 2.88. The van der Waals surface area contributed by atoms with Gasteiger partial charge in [-0.05, 0) is 60.2 Å². The molecule has 1 N–H and O–H groups in total. The van der Waals surface area contributed by atoms with Crippen molar-refractivity contribution in [3.8, 4) is 5.75 Å². The van der Waals surface area contributed by atoms with Gasteiger partial charge in [-0.2, -0.15) is 4.31 Å². The van der Waals surface area contributed by atoms with Crippen molar-refractivity contribution in [2.45, 2.75) is 37.6 Å². The van der Waals surface area contributed by atoms with Crippen LogP contribution in [-0.4, -0.2) is 38.8 Å². The van der Waals surface area contributed by atoms with Gasteiger partial charge in [-0.1, -0.05) is 25.5 Å². The SMILES string of the molecule is CC[C@@H]1CN(S(=O)(=O)c2ccc(OC)cc2)CC[C@H]1CC(=O)NCc1ccc(F)cc1. The summed E-state index contributed by atoms with van der Waals surface area (Å²) in [5.74, 6) is 0.464. The first-order valence-corrected chi connectivity index (χ1v) is 11.9. The Bertz CT molecular complexity index is 978. The van der Waals surface area contributed by atoms with E-state index in [1.165, 1.54) is 23.5 Å². The lowest BCUT2D eigenvalue weighted by Gasteiger charge is -2.37. The molecule has 1 aliphatic heterocycles. The van der Waals surface area contributed by atoms with Crippen molar-refractivity contribution in [3.63, 3.8) is 0 Å². The monoisotopic (exact) mass is 448 g/mol. The zero-order chi connectivity index (χ0) is 22.4. The van der Waals surface area contributed by atoms with Crippen molar-refractivity contribution >= 4 is 15.9 Å². The molecular formula is C23H29FN2O4S. The average Bonchev–Trinajstić information content (AvgIpc) is 2.79. The minimum atomic E-state index is -3.59. The summed E-state index contributed by atoms with van der Waals surface area (Å²) in [6, 6.07) is 12.4. The third kappa shape index (κ3) is 5.83. The molecule has 8 heteroatoms. The van der Waals surface area contributed by atoms with Crippen molar-refractivity contribution < 1.29 is 22.3 Å². The summed E-state index contributed by atoms with van der Waals surface area (Å²) in [6.45, 7) is 3.17. The molecule has 1 amide bonds. The number of piperidine rings is 1. The van der Waals surface area contributed by atoms with Gasteiger partial charge in [0.2, 0.25) is 15.9 Å². The number of nitrogens with one attached hydrogen (secondary N) is 1. The maximum absolute atomic E-state index is 13.0. The highest BCUT2D eigenvalue weighted by atomic mass is 32.2. The third-order valence-electron chi connectivity index (χ3n) is 5.93. The predicted molar refractivity (Wildman–Crippen MR) is 117 cm³/mol. The lowest BCUT2D eigenvalue weighted by Crippen LogP contribution is -2.44. The maximum atomic E-state index is 13.0. The molecule has 6 nitrogen and oxygen atoms in total. The van der Waals surface area contributed by atoms with Crippen LogP contribution in [-0.2, 0) is 21.4 Å². The Hall–Kier alpha value is -2.45. The normalized spacial score (nSPS) is 19.7. The molecule has 2 aromatic rings. The zero-order valence-electron chi connectivity index (χ0n) is 17.9. The number of amides is 1. The molecule has 0 aliphatic carbocycles. The Kier molecular flexibility index (Phi) is 7.67. The summed E-state index contributed by atoms with van der Waals surface area (Å²) >= 11 is 0. The Balaban J connectivity index is 1.58. The molecule has 0 bridgehead atoms. The van der Waals surface area contributed by atoms with E-state index in [-0.39, 0.29) is 28.5 Å². The van der Waals surface area contributed by atoms with Crippen LogP contribution in [0.2, 0.25) is 0 Å². The number of carbonyl (C=O) groups excluding carboxylic acids is 1. The van der Waals surface area contributed by atoms with Gasteiger partial charge in [-0.25, -0.2) is 12.8 Å². The molecule has 1 aliphatic rings. The molecule has 1 saturated heterocycles. The van der Waals surface area contributed by atoms with Gasteiger partial charge in [-0.3, -0.25) is 4.79 Å². The first-order chi connectivity index (χ1) is 14.8. The van der Waals surface area contributed by atoms with E-state index < -0.39 is 10.0 Å². The standard InChI is InChI=1S/C23H29FN2O4S/c1-3-18-16-26(31(28,29)22-10-8-21(30-2)9-11-22)13-12-19(18)14-23(27)25-15-17-4-6-20(24)7-5-17/h4-11,18-19H,3,12-16H2,1-2H3,(H,25,27)/t18-,19+/m1/s1. The van der Waals surface area contributed by atoms with Crippen LogP contribution in [0.1, 0.15) is 31.7 Å². The van der Waals surface area contributed by atoms with E-state index >= 15 is 0 Å². The fourth-order valence-corrected chi connectivity index (χ4v) is 5.52. The highest BCUT2D eigenvalue weighted by Crippen LogP contribution is 2.32. The van der Waals surface area contributed by atoms with E-state index in [0.717, 1.165) is 12.0 Å². The Labute approximate surface area is 183 Å². The fourth-order valence-electron chi connectivity index (χ4n) is 4.01. The predicted octanol–water partition coefficient (Wildman–Crippen LogP) is 3.58. The molecule has 0 radical (unpaired) electrons. The minimum absolute atomic E-state index is 0.0702. The zero-order valence-corrected chi connectivity index (χ0v) is 18.7. The second kappa shape index (κ2) is 10.2. The smallest absolute Gasteiger partial charge is 0.243 e. The van der Waals surface area contributed by atoms with Gasteiger partial charge >= 0.3 is 0 Å². The van der Waals surface area contributed by atoms with Gasteiger partial charge in [-0.15, -0.1) is 0 Å². The van der Waals surface area contributed by atoms with Crippen LogP contribution in [0.15, 0.2) is 53.4 Å². The van der Waals surface area contributed by atoms with Crippen LogP contribution in [0.3, 0.4) is 0 Å². The third-order valence-corrected chi connectivity index (χ3v) is 7.81. The highest BCUT2D eigenvalue weighted by molar-refractivity contribution is 7.89. The number of ether oxygens (including phenoxy) is 1. The molecule has 3 rings (SSSR count). The van der Waals surface area contributed by atoms with Gasteiger partial charge in [0.05, 0.1) is 12.0 Å². The lowest BCUT2D eigenvalue weighted by molar-refractivity contribution is -0.122. The summed E-state index contributed by atoms with van der Waals surface area (Å²) in [7, 11) is -2.05. The molecule has 168 valence electrons. The summed E-state index contributed by atoms with van der Waals surface area (Å²) in [5.41, 5.74) is 0.835. The number of benzene rings is 2. The molecule has 0 unspecified atom stereocenters. The Morgan fingerprint density at radius 2 is 1.81 bits per heavy atom. The van der Waals surface area contributed by atoms with Crippen LogP contribution in [0, 0.1) is 17.7 Å². The van der Waals surface area contributed by atoms with Crippen LogP contribution in [0.4, 0.5) is 4.39 Å². The first kappa shape index (κ1) is 23.2. The topological polar surface area (TPSA) is 75.7 Å². The summed E-state index contributed by atoms with van der Waals surface area (Å²) < 4.78 is 45.7. The highest BCUT2D eigenvalue weighted by Gasteiger charge is 2.35. The van der Waals surface area contributed by atoms with Crippen molar-refractivity contribution in [3.05, 3.63) is 59.9 Å². The van der Waals surface area contributed by atoms with Crippen LogP contribution < -0.4 is 10.1 Å². The van der Waals surface area contributed by atoms with E-state index in [1.807, 2.05) is 6.92 Å². The van der Waals surface area contributed by atoms with Gasteiger partial charge < -0.3 is 10.1 Å². The molecule has 0 aromatic heterocycles. The second-order valence-electron chi connectivity index (χ2n) is 7.86. The van der Waals surface area contributed by atoms with Gasteiger partial charge in [0, 0.05) is 26.1 Å². The van der Waals surface area contributed by atoms with E-state index in [1.54, 1.807) is 36.4 Å². The molecule has 1 fully saturated rings. The first-order valence-electron chi connectivity index (χ1n) is 10.5. The molecule has 2 atom stereocenters. The van der Waals surface area contributed by atoms with E-state index in [4.69, 9.17) is 4.74 Å². The summed E-state index contributed by atoms with van der Waals surface area (Å²) in [4.78, 5) is 12.7. The molecule has 2 aromatic carbocycles. The van der Waals surface area contributed by atoms with Crippen molar-refractivity contribution in [1.29, 1.82) is 0 Å². The fraction of sp³-hybridized carbons (Fsp3) is 0.435. The average molecular weight is 449 g/mol. The van der Waals surface area contributed by atoms with E-state index in [9.17, 15) is 17.6 Å². The van der Waals surface area contributed by atoms with Crippen LogP contribution >= 0.6 is 0 Å². The van der Waals surface area contributed by atoms with E-state index in [0.29, 0.717) is 38.2 Å². The number of carbonyl (C=O) groups is 1. The molecular weight excluding hydrogens is 419 g/mol. The Morgan fingerprint density at radius 3 is 2.42 bits per heavy atom. The van der Waals surface area contributed by atoms with Gasteiger partial charge in [0.15, 0.2) is 0 Å². The van der Waals surface area contributed by atoms with Gasteiger partial charge in [0.1, 0.15) is 11.6 Å². The molecule has 31 heavy (non-hydrogen) atoms. The largest absolute Gasteiger partial charge is 0.497 e. The van der Waals surface area contributed by atoms with Crippen LogP contribution in [0.25, 0.3) is 0 Å². The van der Waals surface area contributed by atoms with E-state index in [2.05, 4.69) is 5.32 Å². The van der Waals surface area contributed by atoms with Gasteiger partial charge in [0.25, 0.3) is 0 Å². The quantitative estimate of drug-likeness (QED) is 0.670. The Morgan fingerprint density at radius 1 is 1.13 bits per heavy atom. The molecule has 1 heterocycles. The molecule has 0 saturated carbocycles. The maximum Gasteiger partial charge on any atom is 0.243 e. The second-order valence-corrected chi connectivity index (χ2v) is 9.80. The number of hydrogen-bond acceptors (Lipinski definition) is 4. The number of sulfonamides is 1. The minimum Gasteiger partial charge on any atom is -0.497 e. The number of halogens is 1. The molecule has 0 spiro atoms. The van der Waals surface area contributed by atoms with Crippen molar-refractivity contribution in [2.24, 2.45) is 11.8 Å². The summed E-state index contributed by atoms with van der Waals surface area (Å²) in [6.07, 6.45) is 1.79. The lowest BCUT2D eigenvalue weighted by atomic mass is 9.82. The number of rotatable bonds is 8. The van der Waals surface area contributed by atoms with Crippen molar-refractivity contribution in [1.82, 2.24) is 9.62 Å². The van der Waals surface area contributed by atoms with Crippen LogP contribution in [0.5, 0.6) is 5.75 Å². The number of methoxy groups -OCH3 is 1. The van der Waals surface area contributed by atoms with Crippen molar-refractivity contribution in [2.75, 3.05) is 20.2 Å². The number of nitrogens with zero attached hydrogens (tertiary/aromatic N) is 1. The number of hydrogen-bond donors (Lipinski definition) is 1.